The molecule has 0 atom stereocenters. The van der Waals surface area contributed by atoms with Crippen molar-refractivity contribution in [1.29, 1.82) is 0 Å². The zero-order chi connectivity index (χ0) is 22.1. The topological polar surface area (TPSA) is 93.1 Å². The van der Waals surface area contributed by atoms with E-state index < -0.39 is 5.82 Å². The van der Waals surface area contributed by atoms with E-state index in [1.807, 2.05) is 24.5 Å². The first-order valence-corrected chi connectivity index (χ1v) is 10.4. The number of rotatable bonds is 5. The molecule has 0 radical (unpaired) electrons. The summed E-state index contributed by atoms with van der Waals surface area (Å²) in [7, 11) is 1.84. The minimum Gasteiger partial charge on any atom is -0.336 e. The van der Waals surface area contributed by atoms with Gasteiger partial charge < -0.3 is 15.6 Å². The first kappa shape index (κ1) is 20.1. The van der Waals surface area contributed by atoms with Crippen molar-refractivity contribution in [2.75, 3.05) is 31.6 Å². The van der Waals surface area contributed by atoms with Gasteiger partial charge in [-0.25, -0.2) is 14.4 Å². The molecule has 0 bridgehead atoms. The molecule has 10 nitrogen and oxygen atoms in total. The largest absolute Gasteiger partial charge is 0.336 e. The fraction of sp³-hybridized carbons (Fsp3) is 0.286. The van der Waals surface area contributed by atoms with Crippen molar-refractivity contribution in [2.45, 2.75) is 6.54 Å². The summed E-state index contributed by atoms with van der Waals surface area (Å²) < 4.78 is 16.1. The van der Waals surface area contributed by atoms with Crippen molar-refractivity contribution in [3.05, 3.63) is 71.3 Å². The summed E-state index contributed by atoms with van der Waals surface area (Å²) in [6.07, 6.45) is 8.91. The average molecular weight is 437 g/mol. The van der Waals surface area contributed by atoms with Crippen LogP contribution in [-0.2, 0) is 13.6 Å². The molecular weight excluding hydrogens is 413 g/mol. The van der Waals surface area contributed by atoms with Crippen molar-refractivity contribution >= 4 is 17.9 Å². The Morgan fingerprint density at radius 3 is 2.88 bits per heavy atom. The number of fused-ring (bicyclic) bond motifs is 1. The molecule has 0 spiro atoms. The number of carbonyl (C=O) groups excluding carboxylic acids is 1. The summed E-state index contributed by atoms with van der Waals surface area (Å²) in [5.41, 5.74) is 9.82. The molecule has 0 aliphatic carbocycles. The number of nitrogens with zero attached hydrogens (tertiary/aromatic N) is 6. The highest BCUT2D eigenvalue weighted by Crippen LogP contribution is 2.26. The Hall–Kier alpha value is -3.86. The Labute approximate surface area is 184 Å². The number of nitrogens with one attached hydrogen (secondary N) is 3. The molecule has 1 amide bonds. The third-order valence-electron chi connectivity index (χ3n) is 5.41. The van der Waals surface area contributed by atoms with Crippen molar-refractivity contribution in [2.24, 2.45) is 12.0 Å². The molecule has 4 heterocycles. The highest BCUT2D eigenvalue weighted by Gasteiger charge is 2.25. The van der Waals surface area contributed by atoms with E-state index in [-0.39, 0.29) is 5.91 Å². The van der Waals surface area contributed by atoms with E-state index in [1.165, 1.54) is 12.1 Å². The third kappa shape index (κ3) is 4.14. The van der Waals surface area contributed by atoms with Crippen LogP contribution in [0.1, 0.15) is 15.9 Å². The molecule has 3 aliphatic rings. The smallest absolute Gasteiger partial charge is 0.254 e. The quantitative estimate of drug-likeness (QED) is 0.642. The van der Waals surface area contributed by atoms with E-state index in [4.69, 9.17) is 0 Å². The average Bonchev–Trinajstić information content (AvgIpc) is 3.39. The van der Waals surface area contributed by atoms with Gasteiger partial charge in [0, 0.05) is 51.2 Å². The lowest BCUT2D eigenvalue weighted by atomic mass is 10.1. The van der Waals surface area contributed by atoms with Gasteiger partial charge in [0.15, 0.2) is 0 Å². The molecule has 0 unspecified atom stereocenters. The number of aliphatic imine (C=N–C) groups is 1. The van der Waals surface area contributed by atoms with Crippen molar-refractivity contribution in [3.63, 3.8) is 0 Å². The molecular formula is C21H24FN9O. The predicted octanol–water partition coefficient (Wildman–Crippen LogP) is 0.979. The number of carbonyl (C=O) groups is 1. The normalized spacial score (nSPS) is 17.6. The van der Waals surface area contributed by atoms with E-state index in [1.54, 1.807) is 39.4 Å². The molecule has 2 aromatic rings. The minimum atomic E-state index is -0.427. The van der Waals surface area contributed by atoms with Gasteiger partial charge in [-0.3, -0.25) is 19.9 Å². The highest BCUT2D eigenvalue weighted by atomic mass is 19.1. The number of hydrogen-bond donors (Lipinski definition) is 3. The van der Waals surface area contributed by atoms with Crippen LogP contribution in [0.4, 0.5) is 10.1 Å². The fourth-order valence-corrected chi connectivity index (χ4v) is 3.87. The summed E-state index contributed by atoms with van der Waals surface area (Å²) in [5, 5.41) is 10.9. The highest BCUT2D eigenvalue weighted by molar-refractivity contribution is 5.94. The molecule has 11 heteroatoms. The number of hydrogen-bond acceptors (Lipinski definition) is 8. The van der Waals surface area contributed by atoms with E-state index in [0.29, 0.717) is 30.8 Å². The third-order valence-corrected chi connectivity index (χ3v) is 5.41. The Kier molecular flexibility index (Phi) is 5.23. The standard InChI is InChI=1S/C21H24FN9O/c1-28-12-18(9-25-28)27-30-13-20-19(24-14-30)10-26-31(20)11-15-6-16(8-17(22)7-15)21(32)29-4-2-23-3-5-29/h6-10,12-14,23,26-27H,2-5,11H2,1H3. The number of piperazine rings is 1. The maximum Gasteiger partial charge on any atom is 0.254 e. The van der Waals surface area contributed by atoms with Crippen LogP contribution in [-0.4, -0.2) is 63.1 Å². The predicted molar refractivity (Wildman–Crippen MR) is 117 cm³/mol. The molecule has 3 aliphatic heterocycles. The van der Waals surface area contributed by atoms with Crippen LogP contribution in [0, 0.1) is 5.82 Å². The lowest BCUT2D eigenvalue weighted by Crippen LogP contribution is -2.46. The van der Waals surface area contributed by atoms with E-state index >= 15 is 0 Å². The maximum atomic E-state index is 14.4. The van der Waals surface area contributed by atoms with Gasteiger partial charge in [0.1, 0.15) is 23.5 Å². The van der Waals surface area contributed by atoms with Gasteiger partial charge in [-0.15, -0.1) is 0 Å². The monoisotopic (exact) mass is 437 g/mol. The first-order chi connectivity index (χ1) is 15.5. The number of benzene rings is 1. The zero-order valence-corrected chi connectivity index (χ0v) is 17.6. The second-order valence-electron chi connectivity index (χ2n) is 7.82. The van der Waals surface area contributed by atoms with Crippen LogP contribution in [0.15, 0.2) is 59.4 Å². The zero-order valence-electron chi connectivity index (χ0n) is 17.6. The lowest BCUT2D eigenvalue weighted by molar-refractivity contribution is 0.0735. The Morgan fingerprint density at radius 1 is 1.25 bits per heavy atom. The number of halogens is 1. The Balaban J connectivity index is 1.31. The maximum absolute atomic E-state index is 14.4. The molecule has 3 N–H and O–H groups in total. The number of hydrazine groups is 2. The number of anilines is 1. The molecule has 5 rings (SSSR count). The molecule has 1 aromatic heterocycles. The van der Waals surface area contributed by atoms with Crippen molar-refractivity contribution in [3.8, 4) is 0 Å². The number of aryl methyl sites for hydroxylation is 1. The van der Waals surface area contributed by atoms with E-state index in [9.17, 15) is 9.18 Å². The van der Waals surface area contributed by atoms with Gasteiger partial charge in [0.25, 0.3) is 5.91 Å². The van der Waals surface area contributed by atoms with Crippen LogP contribution in [0.2, 0.25) is 0 Å². The van der Waals surface area contributed by atoms with Gasteiger partial charge in [-0.2, -0.15) is 5.10 Å². The molecule has 1 saturated heterocycles. The summed E-state index contributed by atoms with van der Waals surface area (Å²) in [6.45, 7) is 3.10. The van der Waals surface area contributed by atoms with Crippen LogP contribution < -0.4 is 16.2 Å². The summed E-state index contributed by atoms with van der Waals surface area (Å²) >= 11 is 0. The van der Waals surface area contributed by atoms with E-state index in [0.717, 1.165) is 30.2 Å². The summed E-state index contributed by atoms with van der Waals surface area (Å²) in [5.74, 6) is -0.572. The van der Waals surface area contributed by atoms with Crippen LogP contribution in [0.25, 0.3) is 0 Å². The van der Waals surface area contributed by atoms with E-state index in [2.05, 4.69) is 26.3 Å². The number of aromatic nitrogens is 2. The van der Waals surface area contributed by atoms with Gasteiger partial charge in [0.2, 0.25) is 0 Å². The first-order valence-electron chi connectivity index (χ1n) is 10.4. The van der Waals surface area contributed by atoms with Crippen LogP contribution >= 0.6 is 0 Å². The molecule has 1 aromatic carbocycles. The van der Waals surface area contributed by atoms with Crippen molar-refractivity contribution in [1.82, 2.24) is 35.4 Å². The van der Waals surface area contributed by atoms with Crippen molar-refractivity contribution < 1.29 is 9.18 Å². The lowest BCUT2D eigenvalue weighted by Gasteiger charge is -2.28. The Morgan fingerprint density at radius 2 is 2.09 bits per heavy atom. The Bertz CT molecular complexity index is 1120. The van der Waals surface area contributed by atoms with Gasteiger partial charge in [-0.05, 0) is 23.8 Å². The van der Waals surface area contributed by atoms with Gasteiger partial charge in [0.05, 0.1) is 24.6 Å². The second-order valence-corrected chi connectivity index (χ2v) is 7.82. The molecule has 0 saturated carbocycles. The van der Waals surface area contributed by atoms with Crippen LogP contribution in [0.5, 0.6) is 0 Å². The van der Waals surface area contributed by atoms with Crippen LogP contribution in [0.3, 0.4) is 0 Å². The summed E-state index contributed by atoms with van der Waals surface area (Å²) in [4.78, 5) is 19.0. The summed E-state index contributed by atoms with van der Waals surface area (Å²) in [6, 6.07) is 4.51. The number of amides is 1. The fourth-order valence-electron chi connectivity index (χ4n) is 3.87. The molecule has 1 fully saturated rings. The second kappa shape index (κ2) is 8.35. The SMILES string of the molecule is Cn1cc(NN2C=NC3=CNN(Cc4cc(F)cc(C(=O)N5CCNCC5)c4)C3=C2)cn1. The minimum absolute atomic E-state index is 0.145. The van der Waals surface area contributed by atoms with Gasteiger partial charge >= 0.3 is 0 Å². The molecule has 166 valence electrons. The molecule has 32 heavy (non-hydrogen) atoms. The van der Waals surface area contributed by atoms with Gasteiger partial charge in [-0.1, -0.05) is 0 Å².